The van der Waals surface area contributed by atoms with Crippen LogP contribution in [-0.2, 0) is 11.3 Å². The molecule has 1 aromatic heterocycles. The molecule has 2 N–H and O–H groups in total. The first-order valence-corrected chi connectivity index (χ1v) is 7.71. The van der Waals surface area contributed by atoms with Crippen molar-refractivity contribution in [2.45, 2.75) is 13.0 Å². The van der Waals surface area contributed by atoms with Crippen molar-refractivity contribution in [1.29, 1.82) is 0 Å². The summed E-state index contributed by atoms with van der Waals surface area (Å²) in [5.41, 5.74) is 2.05. The SMILES string of the molecule is O=C(CCNc1ccc2ccccc2n1)NCc1ccccc1. The molecule has 23 heavy (non-hydrogen) atoms. The lowest BCUT2D eigenvalue weighted by molar-refractivity contribution is -0.121. The zero-order chi connectivity index (χ0) is 15.9. The lowest BCUT2D eigenvalue weighted by Gasteiger charge is -2.08. The Morgan fingerprint density at radius 1 is 0.913 bits per heavy atom. The Morgan fingerprint density at radius 3 is 2.57 bits per heavy atom. The van der Waals surface area contributed by atoms with Crippen molar-refractivity contribution in [2.24, 2.45) is 0 Å². The van der Waals surface area contributed by atoms with E-state index < -0.39 is 0 Å². The number of para-hydroxylation sites is 1. The number of amides is 1. The van der Waals surface area contributed by atoms with Crippen molar-refractivity contribution in [1.82, 2.24) is 10.3 Å². The molecule has 0 aliphatic heterocycles. The van der Waals surface area contributed by atoms with Gasteiger partial charge in [-0.15, -0.1) is 0 Å². The van der Waals surface area contributed by atoms with Crippen LogP contribution in [0, 0.1) is 0 Å². The maximum Gasteiger partial charge on any atom is 0.222 e. The molecular weight excluding hydrogens is 286 g/mol. The van der Waals surface area contributed by atoms with E-state index in [-0.39, 0.29) is 5.91 Å². The highest BCUT2D eigenvalue weighted by molar-refractivity contribution is 5.80. The second-order valence-corrected chi connectivity index (χ2v) is 5.33. The number of carbonyl (C=O) groups is 1. The van der Waals surface area contributed by atoms with Gasteiger partial charge in [0.1, 0.15) is 5.82 Å². The number of anilines is 1. The van der Waals surface area contributed by atoms with Gasteiger partial charge < -0.3 is 10.6 Å². The summed E-state index contributed by atoms with van der Waals surface area (Å²) < 4.78 is 0. The van der Waals surface area contributed by atoms with Crippen molar-refractivity contribution in [3.8, 4) is 0 Å². The highest BCUT2D eigenvalue weighted by atomic mass is 16.1. The first kappa shape index (κ1) is 15.0. The van der Waals surface area contributed by atoms with Crippen LogP contribution < -0.4 is 10.6 Å². The lowest BCUT2D eigenvalue weighted by Crippen LogP contribution is -2.24. The molecule has 0 saturated carbocycles. The van der Waals surface area contributed by atoms with E-state index in [0.717, 1.165) is 22.3 Å². The van der Waals surface area contributed by atoms with E-state index in [4.69, 9.17) is 0 Å². The van der Waals surface area contributed by atoms with Gasteiger partial charge in [-0.3, -0.25) is 4.79 Å². The minimum atomic E-state index is 0.0298. The fraction of sp³-hybridized carbons (Fsp3) is 0.158. The molecule has 1 heterocycles. The van der Waals surface area contributed by atoms with Crippen molar-refractivity contribution in [3.05, 3.63) is 72.3 Å². The second kappa shape index (κ2) is 7.40. The molecule has 0 aliphatic carbocycles. The van der Waals surface area contributed by atoms with Gasteiger partial charge in [-0.25, -0.2) is 4.98 Å². The smallest absolute Gasteiger partial charge is 0.222 e. The maximum atomic E-state index is 11.8. The average molecular weight is 305 g/mol. The number of pyridine rings is 1. The standard InChI is InChI=1S/C19H19N3O/c23-19(21-14-15-6-2-1-3-7-15)12-13-20-18-11-10-16-8-4-5-9-17(16)22-18/h1-11H,12-14H2,(H,20,22)(H,21,23). The number of hydrogen-bond acceptors (Lipinski definition) is 3. The molecule has 116 valence electrons. The van der Waals surface area contributed by atoms with Crippen molar-refractivity contribution < 1.29 is 4.79 Å². The normalized spacial score (nSPS) is 10.4. The Hall–Kier alpha value is -2.88. The summed E-state index contributed by atoms with van der Waals surface area (Å²) in [5.74, 6) is 0.821. The summed E-state index contributed by atoms with van der Waals surface area (Å²) in [4.78, 5) is 16.4. The van der Waals surface area contributed by atoms with Crippen molar-refractivity contribution in [2.75, 3.05) is 11.9 Å². The van der Waals surface area contributed by atoms with Crippen LogP contribution in [0.5, 0.6) is 0 Å². The van der Waals surface area contributed by atoms with Gasteiger partial charge in [0.15, 0.2) is 0 Å². The Bertz CT molecular complexity index is 787. The average Bonchev–Trinajstić information content (AvgIpc) is 2.61. The molecule has 0 bridgehead atoms. The second-order valence-electron chi connectivity index (χ2n) is 5.33. The Morgan fingerprint density at radius 2 is 1.70 bits per heavy atom. The number of nitrogens with zero attached hydrogens (tertiary/aromatic N) is 1. The lowest BCUT2D eigenvalue weighted by atomic mass is 10.2. The Kier molecular flexibility index (Phi) is 4.84. The molecule has 1 amide bonds. The van der Waals surface area contributed by atoms with Gasteiger partial charge in [0.2, 0.25) is 5.91 Å². The molecule has 0 fully saturated rings. The highest BCUT2D eigenvalue weighted by Gasteiger charge is 2.02. The van der Waals surface area contributed by atoms with Crippen LogP contribution in [0.2, 0.25) is 0 Å². The van der Waals surface area contributed by atoms with Crippen molar-refractivity contribution >= 4 is 22.6 Å². The van der Waals surface area contributed by atoms with Gasteiger partial charge in [0, 0.05) is 24.9 Å². The fourth-order valence-electron chi connectivity index (χ4n) is 2.35. The van der Waals surface area contributed by atoms with E-state index in [9.17, 15) is 4.79 Å². The third-order valence-electron chi connectivity index (χ3n) is 3.59. The number of rotatable bonds is 6. The molecule has 0 spiro atoms. The molecule has 0 atom stereocenters. The number of hydrogen-bond donors (Lipinski definition) is 2. The van der Waals surface area contributed by atoms with E-state index in [1.54, 1.807) is 0 Å². The fourth-order valence-corrected chi connectivity index (χ4v) is 2.35. The minimum absolute atomic E-state index is 0.0298. The Balaban J connectivity index is 1.45. The summed E-state index contributed by atoms with van der Waals surface area (Å²) in [7, 11) is 0. The van der Waals surface area contributed by atoms with Crippen LogP contribution in [0.25, 0.3) is 10.9 Å². The quantitative estimate of drug-likeness (QED) is 0.734. The van der Waals surface area contributed by atoms with Gasteiger partial charge in [-0.05, 0) is 23.8 Å². The number of fused-ring (bicyclic) bond motifs is 1. The zero-order valence-electron chi connectivity index (χ0n) is 12.8. The maximum absolute atomic E-state index is 11.8. The van der Waals surface area contributed by atoms with Crippen LogP contribution >= 0.6 is 0 Å². The summed E-state index contributed by atoms with van der Waals surface area (Å²) in [5, 5.41) is 7.22. The molecule has 4 nitrogen and oxygen atoms in total. The number of aromatic nitrogens is 1. The third kappa shape index (κ3) is 4.30. The molecule has 0 unspecified atom stereocenters. The van der Waals surface area contributed by atoms with E-state index in [1.807, 2.05) is 66.7 Å². The van der Waals surface area contributed by atoms with Crippen LogP contribution in [-0.4, -0.2) is 17.4 Å². The van der Waals surface area contributed by atoms with Gasteiger partial charge >= 0.3 is 0 Å². The topological polar surface area (TPSA) is 54.0 Å². The first-order valence-electron chi connectivity index (χ1n) is 7.71. The minimum Gasteiger partial charge on any atom is -0.370 e. The van der Waals surface area contributed by atoms with E-state index in [1.165, 1.54) is 0 Å². The largest absolute Gasteiger partial charge is 0.370 e. The van der Waals surface area contributed by atoms with E-state index in [2.05, 4.69) is 15.6 Å². The zero-order valence-corrected chi connectivity index (χ0v) is 12.8. The monoisotopic (exact) mass is 305 g/mol. The molecule has 0 radical (unpaired) electrons. The van der Waals surface area contributed by atoms with Crippen LogP contribution in [0.3, 0.4) is 0 Å². The summed E-state index contributed by atoms with van der Waals surface area (Å²) in [6.07, 6.45) is 0.418. The van der Waals surface area contributed by atoms with Gasteiger partial charge in [0.25, 0.3) is 0 Å². The molecular formula is C19H19N3O. The molecule has 0 saturated heterocycles. The van der Waals surface area contributed by atoms with Gasteiger partial charge in [0.05, 0.1) is 5.52 Å². The van der Waals surface area contributed by atoms with Crippen molar-refractivity contribution in [3.63, 3.8) is 0 Å². The third-order valence-corrected chi connectivity index (χ3v) is 3.59. The van der Waals surface area contributed by atoms with Gasteiger partial charge in [-0.2, -0.15) is 0 Å². The van der Waals surface area contributed by atoms with E-state index >= 15 is 0 Å². The number of carbonyl (C=O) groups excluding carboxylic acids is 1. The van der Waals surface area contributed by atoms with Crippen LogP contribution in [0.4, 0.5) is 5.82 Å². The van der Waals surface area contributed by atoms with Crippen LogP contribution in [0.1, 0.15) is 12.0 Å². The molecule has 2 aromatic carbocycles. The molecule has 0 aliphatic rings. The van der Waals surface area contributed by atoms with Crippen LogP contribution in [0.15, 0.2) is 66.7 Å². The summed E-state index contributed by atoms with van der Waals surface area (Å²) >= 11 is 0. The first-order chi connectivity index (χ1) is 11.3. The molecule has 4 heteroatoms. The summed E-state index contributed by atoms with van der Waals surface area (Å²) in [6.45, 7) is 1.12. The number of benzene rings is 2. The predicted molar refractivity (Wildman–Crippen MR) is 93.1 cm³/mol. The molecule has 3 rings (SSSR count). The number of nitrogens with one attached hydrogen (secondary N) is 2. The van der Waals surface area contributed by atoms with Gasteiger partial charge in [-0.1, -0.05) is 48.5 Å². The van der Waals surface area contributed by atoms with E-state index in [0.29, 0.717) is 19.5 Å². The predicted octanol–water partition coefficient (Wildman–Crippen LogP) is 3.35. The summed E-state index contributed by atoms with van der Waals surface area (Å²) in [6, 6.07) is 21.8. The molecule has 3 aromatic rings. The Labute approximate surface area is 135 Å². The highest BCUT2D eigenvalue weighted by Crippen LogP contribution is 2.14.